The first-order valence-corrected chi connectivity index (χ1v) is 11.3. The van der Waals surface area contributed by atoms with Crippen LogP contribution < -0.4 is 5.73 Å². The van der Waals surface area contributed by atoms with Crippen LogP contribution in [0.1, 0.15) is 32.7 Å². The zero-order valence-electron chi connectivity index (χ0n) is 19.6. The smallest absolute Gasteiger partial charge is 0.254 e. The second kappa shape index (κ2) is 9.34. The van der Waals surface area contributed by atoms with Crippen LogP contribution in [0.3, 0.4) is 0 Å². The molecule has 0 aliphatic heterocycles. The number of amides is 1. The lowest BCUT2D eigenvalue weighted by molar-refractivity contribution is 0.0728. The maximum absolute atomic E-state index is 13.8. The van der Waals surface area contributed by atoms with Gasteiger partial charge in [-0.25, -0.2) is 14.6 Å². The molecule has 0 unspecified atom stereocenters. The summed E-state index contributed by atoms with van der Waals surface area (Å²) >= 11 is 0. The molecule has 0 aliphatic carbocycles. The van der Waals surface area contributed by atoms with Gasteiger partial charge in [0, 0.05) is 23.7 Å². The van der Waals surface area contributed by atoms with E-state index < -0.39 is 0 Å². The van der Waals surface area contributed by atoms with Crippen LogP contribution in [0, 0.1) is 13.8 Å². The normalized spacial score (nSPS) is 11.0. The largest absolute Gasteiger partial charge is 0.383 e. The van der Waals surface area contributed by atoms with E-state index in [2.05, 4.69) is 20.1 Å². The number of hydrogen-bond acceptors (Lipinski definition) is 6. The second-order valence-electron chi connectivity index (χ2n) is 8.60. The van der Waals surface area contributed by atoms with E-state index >= 15 is 0 Å². The molecule has 1 amide bonds. The van der Waals surface area contributed by atoms with Gasteiger partial charge in [0.05, 0.1) is 23.4 Å². The number of carbonyl (C=O) groups excluding carboxylic acids is 1. The summed E-state index contributed by atoms with van der Waals surface area (Å²) in [5.74, 6) is 0.408. The zero-order chi connectivity index (χ0) is 24.4. The number of aromatic nitrogens is 5. The monoisotopic (exact) mass is 463 g/mol. The Hall–Kier alpha value is -4.59. The molecular formula is C27H25N7O. The third-order valence-corrected chi connectivity index (χ3v) is 5.87. The quantitative estimate of drug-likeness (QED) is 0.404. The van der Waals surface area contributed by atoms with Gasteiger partial charge in [-0.1, -0.05) is 18.2 Å². The van der Waals surface area contributed by atoms with E-state index in [4.69, 9.17) is 5.73 Å². The van der Waals surface area contributed by atoms with Crippen molar-refractivity contribution < 1.29 is 4.79 Å². The molecule has 0 aliphatic rings. The summed E-state index contributed by atoms with van der Waals surface area (Å²) in [5, 5.41) is 5.09. The van der Waals surface area contributed by atoms with Crippen molar-refractivity contribution in [3.63, 3.8) is 0 Å². The number of fused-ring (bicyclic) bond motifs is 1. The van der Waals surface area contributed by atoms with E-state index in [-0.39, 0.29) is 5.91 Å². The van der Waals surface area contributed by atoms with Crippen LogP contribution in [-0.4, -0.2) is 35.5 Å². The summed E-state index contributed by atoms with van der Waals surface area (Å²) in [6, 6.07) is 19.3. The van der Waals surface area contributed by atoms with E-state index in [1.54, 1.807) is 22.0 Å². The fourth-order valence-electron chi connectivity index (χ4n) is 3.96. The first kappa shape index (κ1) is 22.2. The Labute approximate surface area is 203 Å². The van der Waals surface area contributed by atoms with Gasteiger partial charge < -0.3 is 10.6 Å². The summed E-state index contributed by atoms with van der Waals surface area (Å²) in [4.78, 5) is 28.5. The molecule has 0 fully saturated rings. The number of nitrogens with two attached hydrogens (primary N) is 1. The van der Waals surface area contributed by atoms with Crippen molar-refractivity contribution >= 4 is 22.6 Å². The molecule has 3 heterocycles. The molecule has 0 saturated heterocycles. The van der Waals surface area contributed by atoms with Crippen LogP contribution in [0.25, 0.3) is 16.6 Å². The van der Waals surface area contributed by atoms with Crippen molar-refractivity contribution in [2.75, 3.05) is 5.73 Å². The van der Waals surface area contributed by atoms with E-state index in [1.807, 2.05) is 74.6 Å². The van der Waals surface area contributed by atoms with Gasteiger partial charge in [-0.15, -0.1) is 0 Å². The first-order valence-electron chi connectivity index (χ1n) is 11.3. The Balaban J connectivity index is 1.49. The Kier molecular flexibility index (Phi) is 5.93. The van der Waals surface area contributed by atoms with Gasteiger partial charge in [-0.3, -0.25) is 9.78 Å². The Morgan fingerprint density at radius 3 is 2.69 bits per heavy atom. The van der Waals surface area contributed by atoms with Crippen molar-refractivity contribution in [1.29, 1.82) is 0 Å². The molecule has 8 heteroatoms. The molecular weight excluding hydrogens is 438 g/mol. The minimum absolute atomic E-state index is 0.0880. The number of nitrogens with zero attached hydrogens (tertiary/aromatic N) is 6. The Bertz CT molecular complexity index is 1490. The van der Waals surface area contributed by atoms with Gasteiger partial charge in [0.1, 0.15) is 18.5 Å². The summed E-state index contributed by atoms with van der Waals surface area (Å²) < 4.78 is 1.70. The molecule has 8 nitrogen and oxygen atoms in total. The van der Waals surface area contributed by atoms with E-state index in [9.17, 15) is 4.79 Å². The fraction of sp³-hybridized carbons (Fsp3) is 0.148. The van der Waals surface area contributed by atoms with Crippen molar-refractivity contribution in [2.24, 2.45) is 0 Å². The summed E-state index contributed by atoms with van der Waals surface area (Å²) in [7, 11) is 0. The molecule has 0 bridgehead atoms. The van der Waals surface area contributed by atoms with E-state index in [0.717, 1.165) is 39.0 Å². The summed E-state index contributed by atoms with van der Waals surface area (Å²) in [6.07, 6.45) is 4.96. The molecule has 3 aromatic heterocycles. The van der Waals surface area contributed by atoms with Gasteiger partial charge in [0.15, 0.2) is 0 Å². The molecule has 5 aromatic rings. The van der Waals surface area contributed by atoms with Gasteiger partial charge in [-0.2, -0.15) is 5.10 Å². The SMILES string of the molecule is Cc1ccc(CN(Cc2cccc(-n3cncn3)c2)C(=O)c2ccc3nc(N)c(C)cc3c2)nc1. The standard InChI is InChI=1S/C27H25N7O/c1-18-6-8-23(30-13-18)15-33(14-20-4-3-5-24(11-20)34-17-29-16-31-34)27(35)21-7-9-25-22(12-21)10-19(2)26(28)32-25/h3-13,16-17H,14-15H2,1-2H3,(H2,28,32). The lowest BCUT2D eigenvalue weighted by Gasteiger charge is -2.23. The highest BCUT2D eigenvalue weighted by molar-refractivity contribution is 5.98. The van der Waals surface area contributed by atoms with Crippen LogP contribution in [-0.2, 0) is 13.1 Å². The number of carbonyl (C=O) groups is 1. The van der Waals surface area contributed by atoms with Crippen molar-refractivity contribution in [2.45, 2.75) is 26.9 Å². The minimum atomic E-state index is -0.0880. The predicted octanol–water partition coefficient (Wildman–Crippen LogP) is 4.25. The van der Waals surface area contributed by atoms with Crippen molar-refractivity contribution in [3.8, 4) is 5.69 Å². The molecule has 2 aromatic carbocycles. The highest BCUT2D eigenvalue weighted by atomic mass is 16.2. The maximum atomic E-state index is 13.8. The molecule has 0 spiro atoms. The van der Waals surface area contributed by atoms with Crippen LogP contribution in [0.5, 0.6) is 0 Å². The van der Waals surface area contributed by atoms with Gasteiger partial charge in [0.25, 0.3) is 5.91 Å². The third-order valence-electron chi connectivity index (χ3n) is 5.87. The molecule has 35 heavy (non-hydrogen) atoms. The average Bonchev–Trinajstić information content (AvgIpc) is 3.40. The zero-order valence-corrected chi connectivity index (χ0v) is 19.6. The molecule has 5 rings (SSSR count). The molecule has 0 saturated carbocycles. The average molecular weight is 464 g/mol. The Morgan fingerprint density at radius 1 is 1.03 bits per heavy atom. The topological polar surface area (TPSA) is 103 Å². The number of aryl methyl sites for hydroxylation is 2. The van der Waals surface area contributed by atoms with Gasteiger partial charge >= 0.3 is 0 Å². The lowest BCUT2D eigenvalue weighted by Crippen LogP contribution is -2.30. The van der Waals surface area contributed by atoms with E-state index in [1.165, 1.54) is 6.33 Å². The van der Waals surface area contributed by atoms with Gasteiger partial charge in [-0.05, 0) is 73.0 Å². The predicted molar refractivity (Wildman–Crippen MR) is 135 cm³/mol. The minimum Gasteiger partial charge on any atom is -0.383 e. The number of rotatable bonds is 6. The van der Waals surface area contributed by atoms with Crippen LogP contribution in [0.2, 0.25) is 0 Å². The highest BCUT2D eigenvalue weighted by Gasteiger charge is 2.19. The fourth-order valence-corrected chi connectivity index (χ4v) is 3.96. The lowest BCUT2D eigenvalue weighted by atomic mass is 10.1. The van der Waals surface area contributed by atoms with Crippen molar-refractivity contribution in [1.82, 2.24) is 29.6 Å². The first-order chi connectivity index (χ1) is 17.0. The number of anilines is 1. The Morgan fingerprint density at radius 2 is 1.91 bits per heavy atom. The number of nitrogen functional groups attached to an aromatic ring is 1. The molecule has 2 N–H and O–H groups in total. The summed E-state index contributed by atoms with van der Waals surface area (Å²) in [5.41, 5.74) is 11.9. The highest BCUT2D eigenvalue weighted by Crippen LogP contribution is 2.22. The van der Waals surface area contributed by atoms with Crippen LogP contribution >= 0.6 is 0 Å². The van der Waals surface area contributed by atoms with Crippen molar-refractivity contribution in [3.05, 3.63) is 107 Å². The summed E-state index contributed by atoms with van der Waals surface area (Å²) in [6.45, 7) is 4.69. The molecule has 174 valence electrons. The van der Waals surface area contributed by atoms with Gasteiger partial charge in [0.2, 0.25) is 0 Å². The number of hydrogen-bond donors (Lipinski definition) is 1. The van der Waals surface area contributed by atoms with E-state index in [0.29, 0.717) is 24.5 Å². The van der Waals surface area contributed by atoms with Crippen LogP contribution in [0.15, 0.2) is 79.5 Å². The molecule has 0 atom stereocenters. The number of pyridine rings is 2. The molecule has 0 radical (unpaired) electrons. The van der Waals surface area contributed by atoms with Crippen LogP contribution in [0.4, 0.5) is 5.82 Å². The maximum Gasteiger partial charge on any atom is 0.254 e. The third kappa shape index (κ3) is 4.86. The second-order valence-corrected chi connectivity index (χ2v) is 8.60. The number of benzene rings is 2.